The number of carbonyl (C=O) groups excluding carboxylic acids is 1. The van der Waals surface area contributed by atoms with Gasteiger partial charge in [-0.2, -0.15) is 5.10 Å². The predicted octanol–water partition coefficient (Wildman–Crippen LogP) is 3.62. The van der Waals surface area contributed by atoms with Crippen molar-refractivity contribution in [2.75, 3.05) is 7.11 Å². The predicted molar refractivity (Wildman–Crippen MR) is 102 cm³/mol. The first-order chi connectivity index (χ1) is 12.8. The molecule has 0 aromatic heterocycles. The Labute approximate surface area is 165 Å². The number of benzene rings is 2. The molecule has 0 saturated carbocycles. The number of hydrazone groups is 1. The average Bonchev–Trinajstić information content (AvgIpc) is 2.64. The molecular weight excluding hydrogens is 395 g/mol. The van der Waals surface area contributed by atoms with Gasteiger partial charge in [0.25, 0.3) is 5.91 Å². The van der Waals surface area contributed by atoms with Gasteiger partial charge >= 0.3 is 5.97 Å². The smallest absolute Gasteiger partial charge is 0.344 e. The maximum Gasteiger partial charge on any atom is 0.344 e. The SMILES string of the molecule is COc1cccc(/C=N\NC(=O)c2ccc(Cl)c(Cl)c2)c1O[C@@H](C)C(=O)O. The van der Waals surface area contributed by atoms with Crippen LogP contribution in [0, 0.1) is 0 Å². The number of nitrogens with zero attached hydrogens (tertiary/aromatic N) is 1. The fourth-order valence-electron chi connectivity index (χ4n) is 2.01. The van der Waals surface area contributed by atoms with Crippen LogP contribution in [0.3, 0.4) is 0 Å². The van der Waals surface area contributed by atoms with Crippen LogP contribution in [-0.4, -0.2) is 36.4 Å². The molecule has 0 radical (unpaired) electrons. The van der Waals surface area contributed by atoms with E-state index in [4.69, 9.17) is 37.8 Å². The summed E-state index contributed by atoms with van der Waals surface area (Å²) >= 11 is 11.7. The molecule has 0 bridgehead atoms. The lowest BCUT2D eigenvalue weighted by molar-refractivity contribution is -0.144. The van der Waals surface area contributed by atoms with Crippen LogP contribution in [-0.2, 0) is 4.79 Å². The number of carboxylic acids is 1. The van der Waals surface area contributed by atoms with Crippen molar-refractivity contribution in [3.8, 4) is 11.5 Å². The molecule has 9 heteroatoms. The third-order valence-electron chi connectivity index (χ3n) is 3.42. The summed E-state index contributed by atoms with van der Waals surface area (Å²) in [4.78, 5) is 23.2. The molecule has 0 aliphatic heterocycles. The van der Waals surface area contributed by atoms with Crippen molar-refractivity contribution in [3.05, 3.63) is 57.6 Å². The Bertz CT molecular complexity index is 886. The van der Waals surface area contributed by atoms with Crippen LogP contribution in [0.25, 0.3) is 0 Å². The number of hydrogen-bond acceptors (Lipinski definition) is 5. The average molecular weight is 411 g/mol. The second kappa shape index (κ2) is 9.25. The first kappa shape index (κ1) is 20.5. The molecule has 1 atom stereocenters. The quantitative estimate of drug-likeness (QED) is 0.536. The van der Waals surface area contributed by atoms with Gasteiger partial charge in [0.1, 0.15) is 0 Å². The van der Waals surface area contributed by atoms with Crippen LogP contribution in [0.2, 0.25) is 10.0 Å². The molecule has 1 amide bonds. The first-order valence-electron chi connectivity index (χ1n) is 7.68. The Morgan fingerprint density at radius 3 is 2.59 bits per heavy atom. The molecule has 2 N–H and O–H groups in total. The van der Waals surface area contributed by atoms with E-state index in [0.717, 1.165) is 0 Å². The van der Waals surface area contributed by atoms with E-state index in [1.807, 2.05) is 0 Å². The third kappa shape index (κ3) is 5.35. The summed E-state index contributed by atoms with van der Waals surface area (Å²) in [7, 11) is 1.43. The monoisotopic (exact) mass is 410 g/mol. The van der Waals surface area contributed by atoms with Crippen molar-refractivity contribution in [3.63, 3.8) is 0 Å². The van der Waals surface area contributed by atoms with Gasteiger partial charge in [0.2, 0.25) is 0 Å². The van der Waals surface area contributed by atoms with E-state index in [1.165, 1.54) is 38.4 Å². The summed E-state index contributed by atoms with van der Waals surface area (Å²) in [6.07, 6.45) is 0.223. The highest BCUT2D eigenvalue weighted by molar-refractivity contribution is 6.42. The molecule has 7 nitrogen and oxygen atoms in total. The minimum absolute atomic E-state index is 0.197. The lowest BCUT2D eigenvalue weighted by atomic mass is 10.2. The Kier molecular flexibility index (Phi) is 7.04. The zero-order valence-electron chi connectivity index (χ0n) is 14.4. The fourth-order valence-corrected chi connectivity index (χ4v) is 2.31. The van der Waals surface area contributed by atoms with Crippen LogP contribution in [0.1, 0.15) is 22.8 Å². The van der Waals surface area contributed by atoms with Gasteiger partial charge in [-0.15, -0.1) is 0 Å². The van der Waals surface area contributed by atoms with Gasteiger partial charge < -0.3 is 14.6 Å². The van der Waals surface area contributed by atoms with Gasteiger partial charge in [0, 0.05) is 11.1 Å². The summed E-state index contributed by atoms with van der Waals surface area (Å²) < 4.78 is 10.6. The molecule has 27 heavy (non-hydrogen) atoms. The Balaban J connectivity index is 2.19. The number of para-hydroxylation sites is 1. The molecule has 0 aliphatic carbocycles. The fraction of sp³-hybridized carbons (Fsp3) is 0.167. The zero-order valence-corrected chi connectivity index (χ0v) is 15.9. The number of amides is 1. The Hall–Kier alpha value is -2.77. The molecule has 0 saturated heterocycles. The van der Waals surface area contributed by atoms with Gasteiger partial charge in [-0.25, -0.2) is 10.2 Å². The van der Waals surface area contributed by atoms with Crippen molar-refractivity contribution in [2.45, 2.75) is 13.0 Å². The van der Waals surface area contributed by atoms with Crippen LogP contribution < -0.4 is 14.9 Å². The molecule has 0 heterocycles. The van der Waals surface area contributed by atoms with Crippen molar-refractivity contribution in [1.29, 1.82) is 0 Å². The van der Waals surface area contributed by atoms with Crippen LogP contribution in [0.15, 0.2) is 41.5 Å². The second-order valence-electron chi connectivity index (χ2n) is 5.30. The van der Waals surface area contributed by atoms with Gasteiger partial charge in [0.05, 0.1) is 23.4 Å². The van der Waals surface area contributed by atoms with E-state index in [-0.39, 0.29) is 16.3 Å². The van der Waals surface area contributed by atoms with E-state index in [9.17, 15) is 9.59 Å². The second-order valence-corrected chi connectivity index (χ2v) is 6.12. The van der Waals surface area contributed by atoms with Crippen LogP contribution in [0.5, 0.6) is 11.5 Å². The third-order valence-corrected chi connectivity index (χ3v) is 4.16. The number of ether oxygens (including phenoxy) is 2. The highest BCUT2D eigenvalue weighted by Crippen LogP contribution is 2.31. The number of hydrogen-bond donors (Lipinski definition) is 2. The maximum atomic E-state index is 12.1. The molecule has 142 valence electrons. The first-order valence-corrected chi connectivity index (χ1v) is 8.44. The lowest BCUT2D eigenvalue weighted by Gasteiger charge is -2.15. The number of methoxy groups -OCH3 is 1. The number of halogens is 2. The number of nitrogens with one attached hydrogen (secondary N) is 1. The van der Waals surface area contributed by atoms with Crippen molar-refractivity contribution in [2.24, 2.45) is 5.10 Å². The normalized spacial score (nSPS) is 11.9. The van der Waals surface area contributed by atoms with Crippen LogP contribution in [0.4, 0.5) is 0 Å². The van der Waals surface area contributed by atoms with Gasteiger partial charge in [-0.1, -0.05) is 29.3 Å². The summed E-state index contributed by atoms with van der Waals surface area (Å²) in [5.41, 5.74) is 3.06. The highest BCUT2D eigenvalue weighted by atomic mass is 35.5. The van der Waals surface area contributed by atoms with E-state index in [2.05, 4.69) is 10.5 Å². The summed E-state index contributed by atoms with van der Waals surface area (Å²) in [5.74, 6) is -1.09. The van der Waals surface area contributed by atoms with Crippen LogP contribution >= 0.6 is 23.2 Å². The van der Waals surface area contributed by atoms with Crippen molar-refractivity contribution >= 4 is 41.3 Å². The number of aliphatic carboxylic acids is 1. The Morgan fingerprint density at radius 2 is 1.96 bits per heavy atom. The molecule has 0 spiro atoms. The van der Waals surface area contributed by atoms with Crippen molar-refractivity contribution in [1.82, 2.24) is 5.43 Å². The van der Waals surface area contributed by atoms with E-state index >= 15 is 0 Å². The van der Waals surface area contributed by atoms with Gasteiger partial charge in [-0.05, 0) is 37.3 Å². The molecule has 0 aliphatic rings. The summed E-state index contributed by atoms with van der Waals surface area (Å²) in [6, 6.07) is 9.37. The molecule has 2 aromatic carbocycles. The number of rotatable bonds is 7. The molecule has 2 rings (SSSR count). The minimum atomic E-state index is -1.13. The summed E-state index contributed by atoms with van der Waals surface area (Å²) in [6.45, 7) is 1.39. The number of carboxylic acid groups (broad SMARTS) is 1. The van der Waals surface area contributed by atoms with E-state index < -0.39 is 18.0 Å². The van der Waals surface area contributed by atoms with E-state index in [0.29, 0.717) is 16.3 Å². The standard InChI is InChI=1S/C18H16Cl2N2O5/c1-10(18(24)25)27-16-12(4-3-5-15(16)26-2)9-21-22-17(23)11-6-7-13(19)14(20)8-11/h3-10H,1-2H3,(H,22,23)(H,24,25)/b21-9-/t10-/m0/s1. The van der Waals surface area contributed by atoms with Crippen molar-refractivity contribution < 1.29 is 24.2 Å². The molecular formula is C18H16Cl2N2O5. The topological polar surface area (TPSA) is 97.2 Å². The minimum Gasteiger partial charge on any atom is -0.493 e. The van der Waals surface area contributed by atoms with Gasteiger partial charge in [0.15, 0.2) is 17.6 Å². The molecule has 0 fully saturated rings. The summed E-state index contributed by atoms with van der Waals surface area (Å²) in [5, 5.41) is 13.5. The zero-order chi connectivity index (χ0) is 20.0. The van der Waals surface area contributed by atoms with E-state index in [1.54, 1.807) is 18.2 Å². The largest absolute Gasteiger partial charge is 0.493 e. The lowest BCUT2D eigenvalue weighted by Crippen LogP contribution is -2.24. The highest BCUT2D eigenvalue weighted by Gasteiger charge is 2.18. The molecule has 2 aromatic rings. The Morgan fingerprint density at radius 1 is 1.22 bits per heavy atom. The maximum absolute atomic E-state index is 12.1. The van der Waals surface area contributed by atoms with Gasteiger partial charge in [-0.3, -0.25) is 4.79 Å². The number of carbonyl (C=O) groups is 2. The molecule has 0 unspecified atom stereocenters.